The monoisotopic (exact) mass is 181 g/mol. The first-order valence-corrected chi connectivity index (χ1v) is 5.79. The first-order valence-electron chi connectivity index (χ1n) is 5.79. The van der Waals surface area contributed by atoms with Crippen molar-refractivity contribution in [2.24, 2.45) is 5.92 Å². The Labute approximate surface area is 82.6 Å². The van der Waals surface area contributed by atoms with Gasteiger partial charge in [-0.25, -0.2) is 0 Å². The van der Waals surface area contributed by atoms with Crippen LogP contribution in [0.5, 0.6) is 0 Å². The molecule has 1 heteroatoms. The summed E-state index contributed by atoms with van der Waals surface area (Å²) in [6, 6.07) is 0. The zero-order valence-electron chi connectivity index (χ0n) is 8.89. The van der Waals surface area contributed by atoms with Gasteiger partial charge < -0.3 is 5.32 Å². The van der Waals surface area contributed by atoms with Crippen LogP contribution in [0, 0.1) is 5.92 Å². The van der Waals surface area contributed by atoms with E-state index in [4.69, 9.17) is 0 Å². The predicted octanol–water partition coefficient (Wildman–Crippen LogP) is 3.12. The van der Waals surface area contributed by atoms with Crippen molar-refractivity contribution in [3.63, 3.8) is 0 Å². The Morgan fingerprint density at radius 1 is 1.23 bits per heavy atom. The van der Waals surface area contributed by atoms with E-state index >= 15 is 0 Å². The van der Waals surface area contributed by atoms with Gasteiger partial charge in [-0.1, -0.05) is 44.8 Å². The summed E-state index contributed by atoms with van der Waals surface area (Å²) in [7, 11) is 0. The molecule has 1 saturated carbocycles. The van der Waals surface area contributed by atoms with E-state index in [1.807, 2.05) is 0 Å². The molecule has 13 heavy (non-hydrogen) atoms. The molecular formula is C12H23N. The van der Waals surface area contributed by atoms with Gasteiger partial charge in [-0.15, -0.1) is 0 Å². The standard InChI is InChI=1S/C12H23N/c1-2-13-11-7-3-4-8-12-9-5-6-10-12/h3-4,12-13H,2,5-11H2,1H3. The number of allylic oxidation sites excluding steroid dienone is 1. The van der Waals surface area contributed by atoms with Gasteiger partial charge in [0.15, 0.2) is 0 Å². The van der Waals surface area contributed by atoms with Crippen LogP contribution in [0.15, 0.2) is 12.2 Å². The van der Waals surface area contributed by atoms with Gasteiger partial charge >= 0.3 is 0 Å². The summed E-state index contributed by atoms with van der Waals surface area (Å²) >= 11 is 0. The normalized spacial score (nSPS) is 18.8. The lowest BCUT2D eigenvalue weighted by Crippen LogP contribution is -2.12. The lowest BCUT2D eigenvalue weighted by molar-refractivity contribution is 0.557. The molecule has 1 aliphatic rings. The summed E-state index contributed by atoms with van der Waals surface area (Å²) in [5.74, 6) is 1.01. The van der Waals surface area contributed by atoms with Gasteiger partial charge in [-0.3, -0.25) is 0 Å². The topological polar surface area (TPSA) is 12.0 Å². The Morgan fingerprint density at radius 2 is 2.00 bits per heavy atom. The highest BCUT2D eigenvalue weighted by molar-refractivity contribution is 4.85. The second-order valence-electron chi connectivity index (χ2n) is 4.00. The summed E-state index contributed by atoms with van der Waals surface area (Å²) in [4.78, 5) is 0. The zero-order chi connectivity index (χ0) is 9.36. The second-order valence-corrected chi connectivity index (χ2v) is 4.00. The highest BCUT2D eigenvalue weighted by atomic mass is 14.8. The van der Waals surface area contributed by atoms with E-state index in [0.717, 1.165) is 19.0 Å². The zero-order valence-corrected chi connectivity index (χ0v) is 8.89. The van der Waals surface area contributed by atoms with Crippen LogP contribution in [0.25, 0.3) is 0 Å². The van der Waals surface area contributed by atoms with Gasteiger partial charge in [0.1, 0.15) is 0 Å². The lowest BCUT2D eigenvalue weighted by Gasteiger charge is -2.03. The quantitative estimate of drug-likeness (QED) is 0.490. The van der Waals surface area contributed by atoms with Crippen molar-refractivity contribution in [1.82, 2.24) is 5.32 Å². The van der Waals surface area contributed by atoms with Crippen LogP contribution in [0.4, 0.5) is 0 Å². The van der Waals surface area contributed by atoms with E-state index in [9.17, 15) is 0 Å². The summed E-state index contributed by atoms with van der Waals surface area (Å²) in [5.41, 5.74) is 0. The molecule has 1 aliphatic carbocycles. The molecule has 0 heterocycles. The largest absolute Gasteiger partial charge is 0.317 e. The summed E-state index contributed by atoms with van der Waals surface area (Å²) in [6.07, 6.45) is 13.1. The fraction of sp³-hybridized carbons (Fsp3) is 0.833. The predicted molar refractivity (Wildman–Crippen MR) is 58.9 cm³/mol. The molecule has 1 fully saturated rings. The van der Waals surface area contributed by atoms with Gasteiger partial charge in [0.2, 0.25) is 0 Å². The van der Waals surface area contributed by atoms with Crippen molar-refractivity contribution in [1.29, 1.82) is 0 Å². The van der Waals surface area contributed by atoms with Crippen molar-refractivity contribution in [3.05, 3.63) is 12.2 Å². The summed E-state index contributed by atoms with van der Waals surface area (Å²) in [6.45, 7) is 4.39. The number of nitrogens with one attached hydrogen (secondary N) is 1. The van der Waals surface area contributed by atoms with E-state index < -0.39 is 0 Å². The van der Waals surface area contributed by atoms with Gasteiger partial charge in [0, 0.05) is 0 Å². The fourth-order valence-corrected chi connectivity index (χ4v) is 2.01. The lowest BCUT2D eigenvalue weighted by atomic mass is 10.0. The molecule has 1 rings (SSSR count). The van der Waals surface area contributed by atoms with E-state index in [0.29, 0.717) is 0 Å². The van der Waals surface area contributed by atoms with E-state index in [1.165, 1.54) is 38.5 Å². The maximum absolute atomic E-state index is 3.33. The number of hydrogen-bond acceptors (Lipinski definition) is 1. The molecule has 0 aromatic carbocycles. The first kappa shape index (κ1) is 10.8. The second kappa shape index (κ2) is 7.14. The third kappa shape index (κ3) is 5.09. The van der Waals surface area contributed by atoms with Crippen LogP contribution in [0.1, 0.15) is 45.4 Å². The van der Waals surface area contributed by atoms with Crippen LogP contribution in [0.2, 0.25) is 0 Å². The molecule has 0 aromatic rings. The highest BCUT2D eigenvalue weighted by Gasteiger charge is 2.12. The van der Waals surface area contributed by atoms with Crippen LogP contribution in [0.3, 0.4) is 0 Å². The number of hydrogen-bond donors (Lipinski definition) is 1. The van der Waals surface area contributed by atoms with Crippen LogP contribution < -0.4 is 5.32 Å². The maximum atomic E-state index is 3.33. The molecule has 0 radical (unpaired) electrons. The minimum absolute atomic E-state index is 1.01. The third-order valence-electron chi connectivity index (χ3n) is 2.85. The average molecular weight is 181 g/mol. The van der Waals surface area contributed by atoms with E-state index in [1.54, 1.807) is 0 Å². The van der Waals surface area contributed by atoms with Crippen molar-refractivity contribution >= 4 is 0 Å². The van der Waals surface area contributed by atoms with Crippen LogP contribution in [-0.4, -0.2) is 13.1 Å². The molecule has 0 amide bonds. The summed E-state index contributed by atoms with van der Waals surface area (Å²) in [5, 5.41) is 3.33. The highest BCUT2D eigenvalue weighted by Crippen LogP contribution is 2.27. The Balaban J connectivity index is 1.91. The molecule has 0 aliphatic heterocycles. The van der Waals surface area contributed by atoms with Gasteiger partial charge in [0.05, 0.1) is 0 Å². The Hall–Kier alpha value is -0.300. The van der Waals surface area contributed by atoms with Crippen LogP contribution >= 0.6 is 0 Å². The van der Waals surface area contributed by atoms with Crippen LogP contribution in [-0.2, 0) is 0 Å². The molecule has 0 bridgehead atoms. The maximum Gasteiger partial charge on any atom is -0.00144 e. The van der Waals surface area contributed by atoms with E-state index in [2.05, 4.69) is 24.4 Å². The van der Waals surface area contributed by atoms with Crippen molar-refractivity contribution < 1.29 is 0 Å². The van der Waals surface area contributed by atoms with E-state index in [-0.39, 0.29) is 0 Å². The van der Waals surface area contributed by atoms with Crippen molar-refractivity contribution in [3.8, 4) is 0 Å². The van der Waals surface area contributed by atoms with Gasteiger partial charge in [0.25, 0.3) is 0 Å². The molecular weight excluding hydrogens is 158 g/mol. The van der Waals surface area contributed by atoms with Crippen molar-refractivity contribution in [2.45, 2.75) is 45.4 Å². The minimum atomic E-state index is 1.01. The average Bonchev–Trinajstić information content (AvgIpc) is 2.63. The summed E-state index contributed by atoms with van der Waals surface area (Å²) < 4.78 is 0. The molecule has 0 atom stereocenters. The fourth-order valence-electron chi connectivity index (χ4n) is 2.01. The molecule has 0 unspecified atom stereocenters. The Kier molecular flexibility index (Phi) is 5.92. The minimum Gasteiger partial charge on any atom is -0.317 e. The molecule has 1 nitrogen and oxygen atoms in total. The van der Waals surface area contributed by atoms with Gasteiger partial charge in [-0.2, -0.15) is 0 Å². The first-order chi connectivity index (χ1) is 6.43. The molecule has 76 valence electrons. The smallest absolute Gasteiger partial charge is 0.00144 e. The molecule has 1 N–H and O–H groups in total. The molecule has 0 aromatic heterocycles. The number of rotatable bonds is 6. The van der Waals surface area contributed by atoms with Gasteiger partial charge in [-0.05, 0) is 31.8 Å². The molecule has 0 spiro atoms. The van der Waals surface area contributed by atoms with Crippen molar-refractivity contribution in [2.75, 3.05) is 13.1 Å². The molecule has 0 saturated heterocycles. The third-order valence-corrected chi connectivity index (χ3v) is 2.85. The Morgan fingerprint density at radius 3 is 2.69 bits per heavy atom. The SMILES string of the molecule is CCNCCC=CCC1CCCC1. The Bertz CT molecular complexity index is 134.